The van der Waals surface area contributed by atoms with Crippen LogP contribution >= 0.6 is 0 Å². The van der Waals surface area contributed by atoms with E-state index >= 15 is 0 Å². The van der Waals surface area contributed by atoms with Crippen LogP contribution in [0.2, 0.25) is 0 Å². The fourth-order valence-electron chi connectivity index (χ4n) is 2.48. The van der Waals surface area contributed by atoms with Gasteiger partial charge in [-0.05, 0) is 26.2 Å². The molecule has 1 unspecified atom stereocenters. The molecule has 0 aliphatic carbocycles. The van der Waals surface area contributed by atoms with Gasteiger partial charge in [-0.1, -0.05) is 6.92 Å². The smallest absolute Gasteiger partial charge is 0.233 e. The van der Waals surface area contributed by atoms with Crippen molar-refractivity contribution in [3.8, 4) is 0 Å². The van der Waals surface area contributed by atoms with E-state index in [1.54, 1.807) is 0 Å². The van der Waals surface area contributed by atoms with E-state index < -0.39 is 0 Å². The lowest BCUT2D eigenvalue weighted by molar-refractivity contribution is -0.00748. The van der Waals surface area contributed by atoms with Crippen LogP contribution in [0.4, 0.5) is 0 Å². The van der Waals surface area contributed by atoms with Crippen molar-refractivity contribution in [3.05, 3.63) is 11.8 Å². The van der Waals surface area contributed by atoms with Crippen LogP contribution in [0.15, 0.2) is 4.42 Å². The third kappa shape index (κ3) is 4.01. The Kier molecular flexibility index (Phi) is 5.94. The van der Waals surface area contributed by atoms with Gasteiger partial charge in [-0.2, -0.15) is 0 Å². The van der Waals surface area contributed by atoms with Crippen LogP contribution in [-0.4, -0.2) is 52.6 Å². The number of hydrogen-bond acceptors (Lipinski definition) is 6. The van der Waals surface area contributed by atoms with Gasteiger partial charge in [0.2, 0.25) is 11.8 Å². The summed E-state index contributed by atoms with van der Waals surface area (Å²) in [5.41, 5.74) is 0. The minimum atomic E-state index is 0.168. The monoisotopic (exact) mass is 283 g/mol. The first-order valence-corrected chi connectivity index (χ1v) is 7.53. The second-order valence-corrected chi connectivity index (χ2v) is 5.25. The number of aryl methyl sites for hydroxylation is 1. The van der Waals surface area contributed by atoms with Crippen molar-refractivity contribution in [3.63, 3.8) is 0 Å². The Bertz CT molecular complexity index is 389. The summed E-state index contributed by atoms with van der Waals surface area (Å²) < 4.78 is 11.4. The Morgan fingerprint density at radius 1 is 1.40 bits per heavy atom. The Morgan fingerprint density at radius 3 is 2.75 bits per heavy atom. The van der Waals surface area contributed by atoms with Gasteiger partial charge in [0.05, 0.1) is 12.1 Å². The number of piperidine rings is 1. The third-order valence-electron chi connectivity index (χ3n) is 3.82. The summed E-state index contributed by atoms with van der Waals surface area (Å²) in [6, 6.07) is 0.168. The molecule has 1 aliphatic heterocycles. The summed E-state index contributed by atoms with van der Waals surface area (Å²) in [7, 11) is 0. The molecule has 2 heterocycles. The van der Waals surface area contributed by atoms with Crippen LogP contribution in [-0.2, 0) is 11.2 Å². The molecule has 20 heavy (non-hydrogen) atoms. The molecule has 1 aliphatic rings. The second kappa shape index (κ2) is 7.71. The first-order chi connectivity index (χ1) is 9.74. The molecular formula is C14H25N3O3. The molecule has 0 spiro atoms. The van der Waals surface area contributed by atoms with Gasteiger partial charge in [0.15, 0.2) is 0 Å². The van der Waals surface area contributed by atoms with Crippen LogP contribution < -0.4 is 0 Å². The molecule has 6 heteroatoms. The van der Waals surface area contributed by atoms with E-state index in [1.165, 1.54) is 0 Å². The van der Waals surface area contributed by atoms with Crippen molar-refractivity contribution in [1.82, 2.24) is 15.1 Å². The van der Waals surface area contributed by atoms with Crippen LogP contribution in [0.25, 0.3) is 0 Å². The lowest BCUT2D eigenvalue weighted by Crippen LogP contribution is -2.38. The Morgan fingerprint density at radius 2 is 2.15 bits per heavy atom. The highest BCUT2D eigenvalue weighted by Gasteiger charge is 2.26. The van der Waals surface area contributed by atoms with Gasteiger partial charge in [-0.25, -0.2) is 0 Å². The zero-order valence-electron chi connectivity index (χ0n) is 12.4. The van der Waals surface area contributed by atoms with Crippen molar-refractivity contribution < 1.29 is 14.3 Å². The molecule has 1 aromatic heterocycles. The molecular weight excluding hydrogens is 258 g/mol. The lowest BCUT2D eigenvalue weighted by atomic mass is 10.1. The summed E-state index contributed by atoms with van der Waals surface area (Å²) >= 11 is 0. The molecule has 0 amide bonds. The molecule has 1 aromatic rings. The van der Waals surface area contributed by atoms with E-state index in [-0.39, 0.29) is 12.6 Å². The average molecular weight is 283 g/mol. The molecule has 114 valence electrons. The zero-order valence-corrected chi connectivity index (χ0v) is 12.4. The molecule has 1 saturated heterocycles. The predicted octanol–water partition coefficient (Wildman–Crippen LogP) is 1.56. The van der Waals surface area contributed by atoms with Gasteiger partial charge >= 0.3 is 0 Å². The number of nitrogens with zero attached hydrogens (tertiary/aromatic N) is 3. The van der Waals surface area contributed by atoms with Gasteiger partial charge in [0.25, 0.3) is 0 Å². The maximum absolute atomic E-state index is 8.75. The molecule has 0 aromatic carbocycles. The van der Waals surface area contributed by atoms with Crippen molar-refractivity contribution >= 4 is 0 Å². The highest BCUT2D eigenvalue weighted by Crippen LogP contribution is 2.24. The van der Waals surface area contributed by atoms with E-state index in [9.17, 15) is 0 Å². The Labute approximate surface area is 120 Å². The summed E-state index contributed by atoms with van der Waals surface area (Å²) in [5, 5.41) is 16.9. The van der Waals surface area contributed by atoms with Crippen LogP contribution in [0.3, 0.4) is 0 Å². The first kappa shape index (κ1) is 15.4. The number of ether oxygens (including phenoxy) is 1. The van der Waals surface area contributed by atoms with Crippen molar-refractivity contribution in [2.45, 2.75) is 51.7 Å². The molecule has 2 rings (SSSR count). The van der Waals surface area contributed by atoms with E-state index in [0.29, 0.717) is 24.5 Å². The number of hydrogen-bond donors (Lipinski definition) is 1. The third-order valence-corrected chi connectivity index (χ3v) is 3.82. The maximum atomic E-state index is 8.75. The quantitative estimate of drug-likeness (QED) is 0.766. The number of rotatable bonds is 7. The highest BCUT2D eigenvalue weighted by molar-refractivity contribution is 4.90. The lowest BCUT2D eigenvalue weighted by Gasteiger charge is -2.34. The minimum absolute atomic E-state index is 0.168. The van der Waals surface area contributed by atoms with E-state index in [4.69, 9.17) is 14.3 Å². The zero-order chi connectivity index (χ0) is 14.4. The number of aromatic nitrogens is 2. The standard InChI is InChI=1S/C14H25N3O3/c1-3-13-15-16-14(20-13)11(2)17-7-5-12(6-8-17)19-10-4-9-18/h11-12,18H,3-10H2,1-2H3. The fourth-order valence-corrected chi connectivity index (χ4v) is 2.48. The summed E-state index contributed by atoms with van der Waals surface area (Å²) in [4.78, 5) is 2.36. The molecule has 1 fully saturated rings. The minimum Gasteiger partial charge on any atom is -0.424 e. The molecule has 1 atom stereocenters. The van der Waals surface area contributed by atoms with E-state index in [2.05, 4.69) is 22.0 Å². The molecule has 0 saturated carbocycles. The molecule has 1 N–H and O–H groups in total. The normalized spacial score (nSPS) is 19.4. The van der Waals surface area contributed by atoms with Gasteiger partial charge < -0.3 is 14.3 Å². The van der Waals surface area contributed by atoms with E-state index in [1.807, 2.05) is 6.92 Å². The van der Waals surface area contributed by atoms with Crippen molar-refractivity contribution in [1.29, 1.82) is 0 Å². The maximum Gasteiger partial charge on any atom is 0.233 e. The van der Waals surface area contributed by atoms with Gasteiger partial charge in [-0.3, -0.25) is 4.90 Å². The van der Waals surface area contributed by atoms with Crippen LogP contribution in [0, 0.1) is 0 Å². The van der Waals surface area contributed by atoms with Gasteiger partial charge in [0, 0.05) is 32.7 Å². The van der Waals surface area contributed by atoms with Gasteiger partial charge in [-0.15, -0.1) is 10.2 Å². The summed E-state index contributed by atoms with van der Waals surface area (Å²) in [6.07, 6.45) is 3.85. The highest BCUT2D eigenvalue weighted by atomic mass is 16.5. The Hall–Kier alpha value is -0.980. The summed E-state index contributed by atoms with van der Waals surface area (Å²) in [6.45, 7) is 6.94. The first-order valence-electron chi connectivity index (χ1n) is 7.53. The largest absolute Gasteiger partial charge is 0.424 e. The molecule has 0 radical (unpaired) electrons. The number of aliphatic hydroxyl groups excluding tert-OH is 1. The van der Waals surface area contributed by atoms with Crippen LogP contribution in [0.5, 0.6) is 0 Å². The SMILES string of the molecule is CCc1nnc(C(C)N2CCC(OCCCO)CC2)o1. The number of aliphatic hydroxyl groups is 1. The van der Waals surface area contributed by atoms with Crippen molar-refractivity contribution in [2.75, 3.05) is 26.3 Å². The second-order valence-electron chi connectivity index (χ2n) is 5.25. The van der Waals surface area contributed by atoms with Crippen LogP contribution in [0.1, 0.15) is 50.9 Å². The number of likely N-dealkylation sites (tertiary alicyclic amines) is 1. The van der Waals surface area contributed by atoms with Crippen molar-refractivity contribution in [2.24, 2.45) is 0 Å². The average Bonchev–Trinajstić information content (AvgIpc) is 2.96. The summed E-state index contributed by atoms with van der Waals surface area (Å²) in [5.74, 6) is 1.41. The van der Waals surface area contributed by atoms with E-state index in [0.717, 1.165) is 38.8 Å². The fraction of sp³-hybridized carbons (Fsp3) is 0.857. The van der Waals surface area contributed by atoms with Gasteiger partial charge in [0.1, 0.15) is 0 Å². The predicted molar refractivity (Wildman–Crippen MR) is 74.3 cm³/mol. The Balaban J connectivity index is 1.78. The molecule has 0 bridgehead atoms. The molecule has 6 nitrogen and oxygen atoms in total. The topological polar surface area (TPSA) is 71.6 Å².